The molecule has 0 amide bonds. The molecule has 0 heterocycles. The van der Waals surface area contributed by atoms with Gasteiger partial charge < -0.3 is 9.84 Å². The summed E-state index contributed by atoms with van der Waals surface area (Å²) in [7, 11) is 0. The smallest absolute Gasteiger partial charge is 0.161 e. The standard InChI is InChI=1S/C18H20O2/c19-17-9-13-3-1-2-4-14(13)10-18(17)20-11-16-8-12-5-6-15(16)7-12/h1-4,9-10,12,15-16,19H,5-8,11H2. The van der Waals surface area contributed by atoms with Crippen LogP contribution in [0.1, 0.15) is 25.7 Å². The van der Waals surface area contributed by atoms with Crippen LogP contribution in [0.15, 0.2) is 36.4 Å². The summed E-state index contributed by atoms with van der Waals surface area (Å²) in [4.78, 5) is 0. The van der Waals surface area contributed by atoms with E-state index < -0.39 is 0 Å². The number of hydrogen-bond donors (Lipinski definition) is 1. The number of rotatable bonds is 3. The molecule has 3 atom stereocenters. The summed E-state index contributed by atoms with van der Waals surface area (Å²) in [6.07, 6.45) is 5.52. The third-order valence-electron chi connectivity index (χ3n) is 5.16. The first-order valence-corrected chi connectivity index (χ1v) is 7.64. The molecule has 2 heteroatoms. The Morgan fingerprint density at radius 3 is 2.55 bits per heavy atom. The largest absolute Gasteiger partial charge is 0.504 e. The highest BCUT2D eigenvalue weighted by Gasteiger charge is 2.39. The summed E-state index contributed by atoms with van der Waals surface area (Å²) < 4.78 is 5.93. The monoisotopic (exact) mass is 268 g/mol. The van der Waals surface area contributed by atoms with E-state index in [-0.39, 0.29) is 5.75 Å². The minimum Gasteiger partial charge on any atom is -0.504 e. The second-order valence-electron chi connectivity index (χ2n) is 6.41. The highest BCUT2D eigenvalue weighted by Crippen LogP contribution is 2.48. The molecule has 2 aliphatic carbocycles. The first-order chi connectivity index (χ1) is 9.79. The number of fused-ring (bicyclic) bond motifs is 3. The minimum absolute atomic E-state index is 0.256. The first kappa shape index (κ1) is 12.1. The zero-order valence-electron chi connectivity index (χ0n) is 11.6. The maximum absolute atomic E-state index is 10.1. The second kappa shape index (κ2) is 4.69. The van der Waals surface area contributed by atoms with Crippen LogP contribution in [0.4, 0.5) is 0 Å². The minimum atomic E-state index is 0.256. The van der Waals surface area contributed by atoms with Gasteiger partial charge in [-0.05, 0) is 59.9 Å². The highest BCUT2D eigenvalue weighted by atomic mass is 16.5. The normalized spacial score (nSPS) is 28.1. The van der Waals surface area contributed by atoms with Gasteiger partial charge >= 0.3 is 0 Å². The van der Waals surface area contributed by atoms with Crippen LogP contribution in [-0.4, -0.2) is 11.7 Å². The number of phenols is 1. The molecule has 104 valence electrons. The highest BCUT2D eigenvalue weighted by molar-refractivity contribution is 5.85. The van der Waals surface area contributed by atoms with Crippen LogP contribution in [-0.2, 0) is 0 Å². The molecule has 2 aliphatic rings. The lowest BCUT2D eigenvalue weighted by atomic mass is 9.89. The Kier molecular flexibility index (Phi) is 2.83. The lowest BCUT2D eigenvalue weighted by Gasteiger charge is -2.22. The van der Waals surface area contributed by atoms with E-state index in [1.165, 1.54) is 25.7 Å². The molecule has 2 fully saturated rings. The lowest BCUT2D eigenvalue weighted by molar-refractivity contribution is 0.190. The predicted octanol–water partition coefficient (Wildman–Crippen LogP) is 4.36. The molecule has 1 N–H and O–H groups in total. The van der Waals surface area contributed by atoms with Crippen LogP contribution in [0.25, 0.3) is 10.8 Å². The fourth-order valence-electron chi connectivity index (χ4n) is 4.10. The fraction of sp³-hybridized carbons (Fsp3) is 0.444. The van der Waals surface area contributed by atoms with Gasteiger partial charge in [0.1, 0.15) is 0 Å². The Balaban J connectivity index is 1.52. The van der Waals surface area contributed by atoms with E-state index in [0.29, 0.717) is 11.7 Å². The summed E-state index contributed by atoms with van der Waals surface area (Å²) in [5.41, 5.74) is 0. The van der Waals surface area contributed by atoms with Crippen LogP contribution in [0.5, 0.6) is 11.5 Å². The molecule has 0 aromatic heterocycles. The zero-order chi connectivity index (χ0) is 13.5. The Labute approximate surface area is 119 Å². The number of benzene rings is 2. The molecule has 2 aromatic rings. The lowest BCUT2D eigenvalue weighted by Crippen LogP contribution is -2.18. The van der Waals surface area contributed by atoms with Crippen LogP contribution >= 0.6 is 0 Å². The molecule has 0 saturated heterocycles. The predicted molar refractivity (Wildman–Crippen MR) is 80.0 cm³/mol. The number of aromatic hydroxyl groups is 1. The van der Waals surface area contributed by atoms with Crippen molar-refractivity contribution in [3.63, 3.8) is 0 Å². The van der Waals surface area contributed by atoms with Gasteiger partial charge in [-0.3, -0.25) is 0 Å². The van der Waals surface area contributed by atoms with Crippen molar-refractivity contribution in [1.29, 1.82) is 0 Å². The number of hydrogen-bond acceptors (Lipinski definition) is 2. The van der Waals surface area contributed by atoms with Gasteiger partial charge in [-0.25, -0.2) is 0 Å². The van der Waals surface area contributed by atoms with E-state index in [9.17, 15) is 5.11 Å². The summed E-state index contributed by atoms with van der Waals surface area (Å²) in [5, 5.41) is 12.3. The van der Waals surface area contributed by atoms with E-state index in [1.54, 1.807) is 6.07 Å². The van der Waals surface area contributed by atoms with Crippen molar-refractivity contribution in [3.05, 3.63) is 36.4 Å². The van der Waals surface area contributed by atoms with E-state index in [1.807, 2.05) is 24.3 Å². The van der Waals surface area contributed by atoms with Crippen LogP contribution < -0.4 is 4.74 Å². The molecule has 20 heavy (non-hydrogen) atoms. The van der Waals surface area contributed by atoms with Crippen molar-refractivity contribution >= 4 is 10.8 Å². The Bertz CT molecular complexity index is 634. The molecule has 2 saturated carbocycles. The molecular weight excluding hydrogens is 248 g/mol. The average molecular weight is 268 g/mol. The van der Waals surface area contributed by atoms with E-state index >= 15 is 0 Å². The van der Waals surface area contributed by atoms with E-state index in [2.05, 4.69) is 6.07 Å². The van der Waals surface area contributed by atoms with Crippen LogP contribution in [0.3, 0.4) is 0 Å². The Hall–Kier alpha value is -1.70. The van der Waals surface area contributed by atoms with E-state index in [4.69, 9.17) is 4.74 Å². The van der Waals surface area contributed by atoms with Gasteiger partial charge in [0.2, 0.25) is 0 Å². The van der Waals surface area contributed by atoms with Crippen molar-refractivity contribution in [3.8, 4) is 11.5 Å². The molecule has 0 radical (unpaired) electrons. The zero-order valence-corrected chi connectivity index (χ0v) is 11.6. The average Bonchev–Trinajstić information content (AvgIpc) is 3.07. The van der Waals surface area contributed by atoms with Crippen molar-refractivity contribution in [1.82, 2.24) is 0 Å². The van der Waals surface area contributed by atoms with Gasteiger partial charge in [0.15, 0.2) is 11.5 Å². The number of phenolic OH excluding ortho intramolecular Hbond substituents is 1. The Morgan fingerprint density at radius 2 is 1.85 bits per heavy atom. The molecular formula is C18H20O2. The van der Waals surface area contributed by atoms with Gasteiger partial charge in [-0.1, -0.05) is 30.7 Å². The number of ether oxygens (including phenoxy) is 1. The summed E-state index contributed by atoms with van der Waals surface area (Å²) in [6.45, 7) is 0.757. The molecule has 2 nitrogen and oxygen atoms in total. The third-order valence-corrected chi connectivity index (χ3v) is 5.16. The third kappa shape index (κ3) is 2.04. The molecule has 3 unspecified atom stereocenters. The van der Waals surface area contributed by atoms with E-state index in [0.717, 1.165) is 29.2 Å². The maximum atomic E-state index is 10.1. The summed E-state index contributed by atoms with van der Waals surface area (Å²) in [5.74, 6) is 3.39. The Morgan fingerprint density at radius 1 is 1.05 bits per heavy atom. The van der Waals surface area contributed by atoms with Gasteiger partial charge in [0, 0.05) is 0 Å². The molecule has 2 bridgehead atoms. The second-order valence-corrected chi connectivity index (χ2v) is 6.41. The molecule has 4 rings (SSSR count). The maximum Gasteiger partial charge on any atom is 0.161 e. The summed E-state index contributed by atoms with van der Waals surface area (Å²) >= 11 is 0. The van der Waals surface area contributed by atoms with Crippen LogP contribution in [0, 0.1) is 17.8 Å². The van der Waals surface area contributed by atoms with Gasteiger partial charge in [-0.2, -0.15) is 0 Å². The van der Waals surface area contributed by atoms with Crippen molar-refractivity contribution in [2.24, 2.45) is 17.8 Å². The molecule has 0 aliphatic heterocycles. The molecule has 0 spiro atoms. The first-order valence-electron chi connectivity index (χ1n) is 7.64. The SMILES string of the molecule is Oc1cc2ccccc2cc1OCC1CC2CCC1C2. The van der Waals surface area contributed by atoms with Crippen molar-refractivity contribution < 1.29 is 9.84 Å². The fourth-order valence-corrected chi connectivity index (χ4v) is 4.10. The van der Waals surface area contributed by atoms with Gasteiger partial charge in [0.25, 0.3) is 0 Å². The quantitative estimate of drug-likeness (QED) is 0.896. The van der Waals surface area contributed by atoms with Crippen molar-refractivity contribution in [2.45, 2.75) is 25.7 Å². The topological polar surface area (TPSA) is 29.5 Å². The van der Waals surface area contributed by atoms with Gasteiger partial charge in [-0.15, -0.1) is 0 Å². The van der Waals surface area contributed by atoms with Gasteiger partial charge in [0.05, 0.1) is 6.61 Å². The molecule has 2 aromatic carbocycles. The van der Waals surface area contributed by atoms with Crippen LogP contribution in [0.2, 0.25) is 0 Å². The van der Waals surface area contributed by atoms with Crippen molar-refractivity contribution in [2.75, 3.05) is 6.61 Å². The summed E-state index contributed by atoms with van der Waals surface area (Å²) in [6, 6.07) is 11.8.